The molecule has 0 aliphatic heterocycles. The Hall–Kier alpha value is -2.16. The SMILES string of the molecule is CCc1ccc(CC(=O)OC)c(OC(F)F)c1C#N. The molecule has 0 spiro atoms. The summed E-state index contributed by atoms with van der Waals surface area (Å²) in [6, 6.07) is 4.96. The molecule has 19 heavy (non-hydrogen) atoms. The molecule has 0 heterocycles. The van der Waals surface area contributed by atoms with Crippen LogP contribution in [0.3, 0.4) is 0 Å². The highest BCUT2D eigenvalue weighted by molar-refractivity contribution is 5.74. The maximum absolute atomic E-state index is 12.4. The smallest absolute Gasteiger partial charge is 0.387 e. The molecule has 0 aliphatic carbocycles. The van der Waals surface area contributed by atoms with Crippen molar-refractivity contribution in [1.82, 2.24) is 0 Å². The van der Waals surface area contributed by atoms with Gasteiger partial charge in [-0.1, -0.05) is 19.1 Å². The van der Waals surface area contributed by atoms with E-state index in [1.165, 1.54) is 13.2 Å². The normalized spacial score (nSPS) is 10.1. The monoisotopic (exact) mass is 269 g/mol. The Morgan fingerprint density at radius 3 is 2.53 bits per heavy atom. The molecule has 0 unspecified atom stereocenters. The van der Waals surface area contributed by atoms with E-state index in [9.17, 15) is 13.6 Å². The number of hydrogen-bond acceptors (Lipinski definition) is 4. The standard InChI is InChI=1S/C13H13F2NO3/c1-3-8-4-5-9(6-11(17)18-2)12(10(8)7-16)19-13(14)15/h4-5,13H,3,6H2,1-2H3. The van der Waals surface area contributed by atoms with Gasteiger partial charge in [0, 0.05) is 5.56 Å². The molecule has 0 radical (unpaired) electrons. The predicted molar refractivity (Wildman–Crippen MR) is 62.9 cm³/mol. The van der Waals surface area contributed by atoms with Gasteiger partial charge in [-0.3, -0.25) is 4.79 Å². The lowest BCUT2D eigenvalue weighted by atomic mass is 9.99. The van der Waals surface area contributed by atoms with E-state index in [0.29, 0.717) is 12.0 Å². The molecule has 0 amide bonds. The molecule has 102 valence electrons. The van der Waals surface area contributed by atoms with Crippen LogP contribution in [-0.2, 0) is 22.4 Å². The third-order valence-corrected chi connectivity index (χ3v) is 2.59. The van der Waals surface area contributed by atoms with Gasteiger partial charge in [-0.15, -0.1) is 0 Å². The van der Waals surface area contributed by atoms with Crippen LogP contribution in [0.5, 0.6) is 5.75 Å². The summed E-state index contributed by atoms with van der Waals surface area (Å²) in [5, 5.41) is 9.07. The topological polar surface area (TPSA) is 59.3 Å². The van der Waals surface area contributed by atoms with Crippen LogP contribution < -0.4 is 4.74 Å². The van der Waals surface area contributed by atoms with Crippen molar-refractivity contribution in [3.63, 3.8) is 0 Å². The van der Waals surface area contributed by atoms with Crippen LogP contribution in [0, 0.1) is 11.3 Å². The molecule has 0 N–H and O–H groups in total. The van der Waals surface area contributed by atoms with E-state index in [1.807, 2.05) is 6.07 Å². The first-order valence-electron chi connectivity index (χ1n) is 5.59. The van der Waals surface area contributed by atoms with Crippen LogP contribution in [0.4, 0.5) is 8.78 Å². The molecule has 0 aliphatic rings. The summed E-state index contributed by atoms with van der Waals surface area (Å²) in [6.45, 7) is -1.27. The number of methoxy groups -OCH3 is 1. The Morgan fingerprint density at radius 1 is 1.42 bits per heavy atom. The van der Waals surface area contributed by atoms with Gasteiger partial charge in [0.25, 0.3) is 0 Å². The summed E-state index contributed by atoms with van der Waals surface area (Å²) < 4.78 is 33.7. The second kappa shape index (κ2) is 6.69. The second-order valence-electron chi connectivity index (χ2n) is 3.68. The van der Waals surface area contributed by atoms with Gasteiger partial charge in [0.05, 0.1) is 19.1 Å². The van der Waals surface area contributed by atoms with E-state index >= 15 is 0 Å². The maximum atomic E-state index is 12.4. The fourth-order valence-corrected chi connectivity index (χ4v) is 1.67. The van der Waals surface area contributed by atoms with E-state index in [2.05, 4.69) is 9.47 Å². The van der Waals surface area contributed by atoms with Gasteiger partial charge in [0.1, 0.15) is 11.8 Å². The van der Waals surface area contributed by atoms with Crippen molar-refractivity contribution in [3.05, 3.63) is 28.8 Å². The highest BCUT2D eigenvalue weighted by atomic mass is 19.3. The molecule has 0 saturated carbocycles. The van der Waals surface area contributed by atoms with Gasteiger partial charge in [0.2, 0.25) is 0 Å². The predicted octanol–water partition coefficient (Wildman–Crippen LogP) is 2.44. The molecule has 6 heteroatoms. The van der Waals surface area contributed by atoms with Crippen molar-refractivity contribution in [2.75, 3.05) is 7.11 Å². The van der Waals surface area contributed by atoms with E-state index in [4.69, 9.17) is 5.26 Å². The van der Waals surface area contributed by atoms with Crippen molar-refractivity contribution in [1.29, 1.82) is 5.26 Å². The first kappa shape index (κ1) is 14.9. The second-order valence-corrected chi connectivity index (χ2v) is 3.68. The summed E-state index contributed by atoms with van der Waals surface area (Å²) >= 11 is 0. The number of esters is 1. The summed E-state index contributed by atoms with van der Waals surface area (Å²) in [5.74, 6) is -0.838. The molecule has 1 aromatic rings. The largest absolute Gasteiger partial charge is 0.469 e. The van der Waals surface area contributed by atoms with Crippen LogP contribution in [-0.4, -0.2) is 19.7 Å². The number of ether oxygens (including phenoxy) is 2. The average Bonchev–Trinajstić information content (AvgIpc) is 2.39. The fourth-order valence-electron chi connectivity index (χ4n) is 1.67. The Balaban J connectivity index is 3.30. The third kappa shape index (κ3) is 3.65. The Labute approximate surface area is 109 Å². The number of nitrogens with zero attached hydrogens (tertiary/aromatic N) is 1. The van der Waals surface area contributed by atoms with Crippen molar-refractivity contribution in [2.45, 2.75) is 26.4 Å². The number of carbonyl (C=O) groups excluding carboxylic acids is 1. The number of benzene rings is 1. The van der Waals surface area contributed by atoms with Crippen molar-refractivity contribution < 1.29 is 23.0 Å². The zero-order valence-electron chi connectivity index (χ0n) is 10.6. The van der Waals surface area contributed by atoms with E-state index in [0.717, 1.165) is 0 Å². The van der Waals surface area contributed by atoms with Gasteiger partial charge in [-0.2, -0.15) is 14.0 Å². The number of aryl methyl sites for hydroxylation is 1. The highest BCUT2D eigenvalue weighted by Gasteiger charge is 2.19. The molecule has 0 atom stereocenters. The minimum absolute atomic E-state index is 0.0317. The number of alkyl halides is 2. The summed E-state index contributed by atoms with van der Waals surface area (Å²) in [7, 11) is 1.20. The van der Waals surface area contributed by atoms with Gasteiger partial charge < -0.3 is 9.47 Å². The average molecular weight is 269 g/mol. The van der Waals surface area contributed by atoms with E-state index < -0.39 is 12.6 Å². The summed E-state index contributed by atoms with van der Waals surface area (Å²) in [4.78, 5) is 11.2. The molecule has 0 bridgehead atoms. The summed E-state index contributed by atoms with van der Waals surface area (Å²) in [5.41, 5.74) is 0.830. The minimum Gasteiger partial charge on any atom is -0.469 e. The quantitative estimate of drug-likeness (QED) is 0.770. The van der Waals surface area contributed by atoms with Gasteiger partial charge in [0.15, 0.2) is 0 Å². The highest BCUT2D eigenvalue weighted by Crippen LogP contribution is 2.29. The van der Waals surface area contributed by atoms with Gasteiger partial charge in [-0.25, -0.2) is 0 Å². The number of carbonyl (C=O) groups is 1. The van der Waals surface area contributed by atoms with Crippen molar-refractivity contribution >= 4 is 5.97 Å². The number of rotatable bonds is 5. The molecule has 1 aromatic carbocycles. The molecule has 0 fully saturated rings. The lowest BCUT2D eigenvalue weighted by Crippen LogP contribution is -2.11. The molecule has 0 aromatic heterocycles. The summed E-state index contributed by atoms with van der Waals surface area (Å²) in [6.07, 6.45) is 0.276. The Kier molecular flexibility index (Phi) is 5.24. The van der Waals surface area contributed by atoms with Gasteiger partial charge in [-0.05, 0) is 12.0 Å². The zero-order valence-corrected chi connectivity index (χ0v) is 10.6. The van der Waals surface area contributed by atoms with Crippen LogP contribution in [0.15, 0.2) is 12.1 Å². The number of hydrogen-bond donors (Lipinski definition) is 0. The maximum Gasteiger partial charge on any atom is 0.387 e. The fraction of sp³-hybridized carbons (Fsp3) is 0.385. The first-order chi connectivity index (χ1) is 9.03. The first-order valence-corrected chi connectivity index (χ1v) is 5.59. The lowest BCUT2D eigenvalue weighted by molar-refractivity contribution is -0.139. The van der Waals surface area contributed by atoms with Crippen LogP contribution >= 0.6 is 0 Å². The van der Waals surface area contributed by atoms with Crippen molar-refractivity contribution in [3.8, 4) is 11.8 Å². The minimum atomic E-state index is -3.06. The Bertz CT molecular complexity index is 509. The molecular formula is C13H13F2NO3. The van der Waals surface area contributed by atoms with Crippen LogP contribution in [0.2, 0.25) is 0 Å². The number of halogens is 2. The van der Waals surface area contributed by atoms with Crippen LogP contribution in [0.1, 0.15) is 23.6 Å². The van der Waals surface area contributed by atoms with Gasteiger partial charge >= 0.3 is 12.6 Å². The third-order valence-electron chi connectivity index (χ3n) is 2.59. The zero-order chi connectivity index (χ0) is 14.4. The molecular weight excluding hydrogens is 256 g/mol. The number of nitriles is 1. The molecule has 0 saturated heterocycles. The lowest BCUT2D eigenvalue weighted by Gasteiger charge is -2.14. The van der Waals surface area contributed by atoms with Crippen molar-refractivity contribution in [2.24, 2.45) is 0 Å². The molecule has 4 nitrogen and oxygen atoms in total. The van der Waals surface area contributed by atoms with E-state index in [-0.39, 0.29) is 23.3 Å². The Morgan fingerprint density at radius 2 is 2.05 bits per heavy atom. The van der Waals surface area contributed by atoms with Crippen LogP contribution in [0.25, 0.3) is 0 Å². The molecule has 1 rings (SSSR count). The van der Waals surface area contributed by atoms with E-state index in [1.54, 1.807) is 13.0 Å².